The fraction of sp³-hybridized carbons (Fsp3) is 0.750. The maximum absolute atomic E-state index is 12.9. The van der Waals surface area contributed by atoms with E-state index < -0.39 is 152 Å². The number of carbonyl (C=O) groups is 9. The summed E-state index contributed by atoms with van der Waals surface area (Å²) in [6, 6.07) is 0. The molecule has 59 heavy (non-hydrogen) atoms. The molecule has 3 aliphatic rings. The number of esters is 9. The van der Waals surface area contributed by atoms with Crippen LogP contribution in [0.2, 0.25) is 0 Å². The summed E-state index contributed by atoms with van der Waals surface area (Å²) in [7, 11) is 0. The minimum atomic E-state index is -1.87. The van der Waals surface area contributed by atoms with E-state index in [0.29, 0.717) is 0 Å². The molecule has 0 amide bonds. The highest BCUT2D eigenvalue weighted by atomic mass is 16.8. The molecule has 0 radical (unpaired) electrons. The van der Waals surface area contributed by atoms with Gasteiger partial charge in [0, 0.05) is 62.3 Å². The number of carbonyl (C=O) groups excluding carboxylic acids is 9. The molecule has 15 atom stereocenters. The zero-order chi connectivity index (χ0) is 44.5. The lowest BCUT2D eigenvalue weighted by molar-refractivity contribution is -0.380. The Hall–Kier alpha value is -4.97. The summed E-state index contributed by atoms with van der Waals surface area (Å²) < 4.78 is 79.8. The summed E-state index contributed by atoms with van der Waals surface area (Å²) >= 11 is 0. The molecule has 0 bridgehead atoms. The van der Waals surface area contributed by atoms with Crippen LogP contribution in [0.25, 0.3) is 0 Å². The summed E-state index contributed by atoms with van der Waals surface area (Å²) in [5.41, 5.74) is 0. The van der Waals surface area contributed by atoms with E-state index in [1.807, 2.05) is 0 Å². The summed E-state index contributed by atoms with van der Waals surface area (Å²) in [6.07, 6.45) is -23.9. The van der Waals surface area contributed by atoms with E-state index in [1.165, 1.54) is 13.8 Å². The zero-order valence-corrected chi connectivity index (χ0v) is 34.3. The fourth-order valence-electron chi connectivity index (χ4n) is 6.57. The molecule has 0 aromatic heterocycles. The number of ether oxygens (including phenoxy) is 14. The van der Waals surface area contributed by atoms with Crippen LogP contribution in [0.4, 0.5) is 0 Å². The smallest absolute Gasteiger partial charge is 0.305 e. The molecule has 23 nitrogen and oxygen atoms in total. The van der Waals surface area contributed by atoms with Crippen LogP contribution in [0.1, 0.15) is 76.2 Å². The molecule has 23 heteroatoms. The van der Waals surface area contributed by atoms with Crippen molar-refractivity contribution in [3.8, 4) is 0 Å². The van der Waals surface area contributed by atoms with Gasteiger partial charge in [0.2, 0.25) is 6.29 Å². The second kappa shape index (κ2) is 21.3. The lowest BCUT2D eigenvalue weighted by atomic mass is 9.95. The van der Waals surface area contributed by atoms with Crippen molar-refractivity contribution in [1.82, 2.24) is 0 Å². The van der Waals surface area contributed by atoms with Crippen molar-refractivity contribution in [2.45, 2.75) is 168 Å². The molecular formula is C36H50O23. The number of hydrogen-bond donors (Lipinski definition) is 0. The van der Waals surface area contributed by atoms with Crippen molar-refractivity contribution >= 4 is 53.7 Å². The van der Waals surface area contributed by atoms with Gasteiger partial charge in [-0.2, -0.15) is 0 Å². The van der Waals surface area contributed by atoms with E-state index in [1.54, 1.807) is 0 Å². The molecule has 0 unspecified atom stereocenters. The average Bonchev–Trinajstić information content (AvgIpc) is 3.07. The van der Waals surface area contributed by atoms with Gasteiger partial charge in [-0.3, -0.25) is 43.2 Å². The van der Waals surface area contributed by atoms with Crippen molar-refractivity contribution in [2.75, 3.05) is 6.61 Å². The molecule has 0 saturated carbocycles. The molecule has 332 valence electrons. The quantitative estimate of drug-likeness (QED) is 0.159. The van der Waals surface area contributed by atoms with Crippen molar-refractivity contribution in [3.63, 3.8) is 0 Å². The van der Waals surface area contributed by atoms with Gasteiger partial charge in [0.15, 0.2) is 61.4 Å². The molecule has 3 fully saturated rings. The first-order chi connectivity index (χ1) is 27.5. The Kier molecular flexibility index (Phi) is 17.5. The average molecular weight is 851 g/mol. The second-order valence-corrected chi connectivity index (χ2v) is 13.6. The Morgan fingerprint density at radius 1 is 0.339 bits per heavy atom. The molecule has 0 aromatic rings. The summed E-state index contributed by atoms with van der Waals surface area (Å²) in [6.45, 7) is 11.5. The SMILES string of the molecule is CC(=O)OC[C@H]1O[C@H](OC(C)=O)[C@H](O[C@H]2O[C@@H](C)[C@@H](OC(C)=O)[C@@H](OC(C)=O)[C@@H]2OC(C)=O)[C@@H](OC(C)=O)[C@@H]1O[C@H]1O[C@@H](C)[C@@H](OC(C)=O)[C@@H](OC(C)=O)[C@@H]1OC(C)=O. The topological polar surface area (TPSA) is 283 Å². The third-order valence-corrected chi connectivity index (χ3v) is 8.48. The molecule has 0 aromatic carbocycles. The highest BCUT2D eigenvalue weighted by molar-refractivity contribution is 5.70. The lowest BCUT2D eigenvalue weighted by Crippen LogP contribution is -2.68. The van der Waals surface area contributed by atoms with Gasteiger partial charge in [-0.15, -0.1) is 0 Å². The van der Waals surface area contributed by atoms with Gasteiger partial charge in [0.1, 0.15) is 18.8 Å². The zero-order valence-electron chi connectivity index (χ0n) is 34.3. The predicted octanol–water partition coefficient (Wildman–Crippen LogP) is -0.381. The number of hydrogen-bond acceptors (Lipinski definition) is 23. The van der Waals surface area contributed by atoms with Gasteiger partial charge < -0.3 is 66.3 Å². The van der Waals surface area contributed by atoms with Crippen LogP contribution in [0, 0.1) is 0 Å². The monoisotopic (exact) mass is 850 g/mol. The van der Waals surface area contributed by atoms with Crippen LogP contribution in [0.15, 0.2) is 0 Å². The maximum Gasteiger partial charge on any atom is 0.305 e. The Labute approximate surface area is 338 Å². The van der Waals surface area contributed by atoms with E-state index in [4.69, 9.17) is 66.3 Å². The first-order valence-electron chi connectivity index (χ1n) is 18.3. The van der Waals surface area contributed by atoms with Crippen LogP contribution in [-0.4, -0.2) is 152 Å². The second-order valence-electron chi connectivity index (χ2n) is 13.6. The third-order valence-electron chi connectivity index (χ3n) is 8.48. The lowest BCUT2D eigenvalue weighted by Gasteiger charge is -2.50. The van der Waals surface area contributed by atoms with Gasteiger partial charge in [-0.1, -0.05) is 0 Å². The van der Waals surface area contributed by atoms with Crippen molar-refractivity contribution in [3.05, 3.63) is 0 Å². The normalized spacial score (nSPS) is 34.1. The molecular weight excluding hydrogens is 800 g/mol. The molecule has 0 N–H and O–H groups in total. The van der Waals surface area contributed by atoms with Crippen molar-refractivity contribution in [1.29, 1.82) is 0 Å². The fourth-order valence-corrected chi connectivity index (χ4v) is 6.57. The minimum Gasteiger partial charge on any atom is -0.463 e. The third kappa shape index (κ3) is 13.8. The maximum atomic E-state index is 12.9. The first-order valence-corrected chi connectivity index (χ1v) is 18.3. The molecule has 3 heterocycles. The highest BCUT2D eigenvalue weighted by Gasteiger charge is 2.59. The first kappa shape index (κ1) is 48.4. The molecule has 3 rings (SSSR count). The Morgan fingerprint density at radius 3 is 0.983 bits per heavy atom. The molecule has 3 saturated heterocycles. The van der Waals surface area contributed by atoms with Gasteiger partial charge in [-0.25, -0.2) is 0 Å². The van der Waals surface area contributed by atoms with Gasteiger partial charge in [0.05, 0.1) is 12.2 Å². The predicted molar refractivity (Wildman–Crippen MR) is 184 cm³/mol. The molecule has 3 aliphatic heterocycles. The Bertz CT molecular complexity index is 1580. The van der Waals surface area contributed by atoms with E-state index in [0.717, 1.165) is 62.3 Å². The van der Waals surface area contributed by atoms with Crippen LogP contribution in [0.5, 0.6) is 0 Å². The standard InChI is InChI=1S/C36H50O23/c1-13-25(49-16(4)38)28(51-18(6)40)31(54-21(9)43)34(47-13)58-27-24(12-46-15(3)37)57-36(56-23(11)45)33(30(27)53-20(8)42)59-35-32(55-22(10)44)29(52-19(7)41)26(14(2)48-35)50-17(5)39/h13-14,24-36H,12H2,1-11H3/t13-,14-,24+,25+,26+,27+,28+,29+,30-,31-,32-,33+,34+,35+,36-/m0/s1. The summed E-state index contributed by atoms with van der Waals surface area (Å²) in [5.74, 6) is -8.02. The summed E-state index contributed by atoms with van der Waals surface area (Å²) in [5, 5.41) is 0. The van der Waals surface area contributed by atoms with Crippen LogP contribution in [0.3, 0.4) is 0 Å². The van der Waals surface area contributed by atoms with E-state index in [-0.39, 0.29) is 0 Å². The summed E-state index contributed by atoms with van der Waals surface area (Å²) in [4.78, 5) is 111. The Morgan fingerprint density at radius 2 is 0.644 bits per heavy atom. The highest BCUT2D eigenvalue weighted by Crippen LogP contribution is 2.38. The van der Waals surface area contributed by atoms with Crippen molar-refractivity contribution in [2.24, 2.45) is 0 Å². The number of rotatable bonds is 14. The van der Waals surface area contributed by atoms with Gasteiger partial charge >= 0.3 is 53.7 Å². The van der Waals surface area contributed by atoms with E-state index in [9.17, 15) is 43.2 Å². The van der Waals surface area contributed by atoms with Gasteiger partial charge in [-0.05, 0) is 13.8 Å². The van der Waals surface area contributed by atoms with Crippen LogP contribution in [-0.2, 0) is 109 Å². The largest absolute Gasteiger partial charge is 0.463 e. The van der Waals surface area contributed by atoms with Crippen molar-refractivity contribution < 1.29 is 109 Å². The van der Waals surface area contributed by atoms with E-state index >= 15 is 0 Å². The Balaban J connectivity index is 2.23. The van der Waals surface area contributed by atoms with Gasteiger partial charge in [0.25, 0.3) is 0 Å². The van der Waals surface area contributed by atoms with Crippen LogP contribution >= 0.6 is 0 Å². The van der Waals surface area contributed by atoms with E-state index in [2.05, 4.69) is 0 Å². The minimum absolute atomic E-state index is 0.669. The van der Waals surface area contributed by atoms with Crippen LogP contribution < -0.4 is 0 Å². The molecule has 0 aliphatic carbocycles. The molecule has 0 spiro atoms.